The molecule has 7 nitrogen and oxygen atoms in total. The molecule has 2 aromatic heterocycles. The third-order valence-electron chi connectivity index (χ3n) is 4.51. The number of sulfonamides is 1. The Balaban J connectivity index is 1.82. The van der Waals surface area contributed by atoms with Crippen LogP contribution >= 0.6 is 0 Å². The number of aromatic nitrogens is 3. The second kappa shape index (κ2) is 4.95. The molecule has 0 radical (unpaired) electrons. The molecule has 2 aliphatic heterocycles. The van der Waals surface area contributed by atoms with Gasteiger partial charge in [-0.15, -0.1) is 0 Å². The van der Waals surface area contributed by atoms with Crippen molar-refractivity contribution >= 4 is 21.5 Å². The van der Waals surface area contributed by atoms with Gasteiger partial charge in [0.05, 0.1) is 18.1 Å². The standard InChI is InChI=1S/C15H19N5O2S/c1-11(2)19-9-14(17-10-19)23(21,22)20-12-5-7-18(8-12)13-4-3-6-16-15(13)20/h3-4,6,9-12H,5,7-8H2,1-2H3. The van der Waals surface area contributed by atoms with Gasteiger partial charge in [0, 0.05) is 31.5 Å². The van der Waals surface area contributed by atoms with E-state index in [0.29, 0.717) is 12.4 Å². The third-order valence-corrected chi connectivity index (χ3v) is 6.24. The van der Waals surface area contributed by atoms with Crippen LogP contribution in [0.5, 0.6) is 0 Å². The van der Waals surface area contributed by atoms with E-state index < -0.39 is 10.0 Å². The highest BCUT2D eigenvalue weighted by molar-refractivity contribution is 7.92. The van der Waals surface area contributed by atoms with Crippen molar-refractivity contribution in [1.82, 2.24) is 14.5 Å². The fourth-order valence-electron chi connectivity index (χ4n) is 3.27. The second-order valence-electron chi connectivity index (χ2n) is 6.29. The van der Waals surface area contributed by atoms with Crippen molar-refractivity contribution in [2.24, 2.45) is 0 Å². The van der Waals surface area contributed by atoms with Crippen LogP contribution in [0.25, 0.3) is 0 Å². The van der Waals surface area contributed by atoms with Gasteiger partial charge in [0.25, 0.3) is 10.0 Å². The fraction of sp³-hybridized carbons (Fsp3) is 0.467. The molecule has 0 aromatic carbocycles. The topological polar surface area (TPSA) is 71.3 Å². The maximum atomic E-state index is 13.2. The van der Waals surface area contributed by atoms with Crippen LogP contribution in [0.3, 0.4) is 0 Å². The molecule has 4 rings (SSSR count). The van der Waals surface area contributed by atoms with Gasteiger partial charge in [0.1, 0.15) is 0 Å². The van der Waals surface area contributed by atoms with Gasteiger partial charge in [-0.25, -0.2) is 14.3 Å². The van der Waals surface area contributed by atoms with Gasteiger partial charge in [-0.3, -0.25) is 0 Å². The Kier molecular flexibility index (Phi) is 3.12. The number of imidazole rings is 1. The van der Waals surface area contributed by atoms with Crippen molar-refractivity contribution < 1.29 is 8.42 Å². The highest BCUT2D eigenvalue weighted by atomic mass is 32.2. The average Bonchev–Trinajstić information content (AvgIpc) is 3.16. The minimum Gasteiger partial charge on any atom is -0.366 e. The van der Waals surface area contributed by atoms with Crippen LogP contribution in [0.4, 0.5) is 11.5 Å². The average molecular weight is 333 g/mol. The number of pyridine rings is 1. The maximum absolute atomic E-state index is 13.2. The number of nitrogens with zero attached hydrogens (tertiary/aromatic N) is 5. The second-order valence-corrected chi connectivity index (χ2v) is 8.05. The van der Waals surface area contributed by atoms with E-state index in [1.165, 1.54) is 4.31 Å². The molecule has 1 atom stereocenters. The van der Waals surface area contributed by atoms with Gasteiger partial charge < -0.3 is 9.47 Å². The molecule has 0 aliphatic carbocycles. The molecule has 2 aromatic rings. The van der Waals surface area contributed by atoms with Crippen LogP contribution < -0.4 is 9.21 Å². The van der Waals surface area contributed by atoms with E-state index >= 15 is 0 Å². The summed E-state index contributed by atoms with van der Waals surface area (Å²) >= 11 is 0. The molecular formula is C15H19N5O2S. The summed E-state index contributed by atoms with van der Waals surface area (Å²) in [5, 5.41) is 0.0863. The minimum absolute atomic E-state index is 0.0772. The monoisotopic (exact) mass is 333 g/mol. The largest absolute Gasteiger partial charge is 0.366 e. The van der Waals surface area contributed by atoms with E-state index in [2.05, 4.69) is 14.9 Å². The normalized spacial score (nSPS) is 20.2. The van der Waals surface area contributed by atoms with Gasteiger partial charge in [-0.2, -0.15) is 8.42 Å². The number of hydrogen-bond donors (Lipinski definition) is 0. The first-order chi connectivity index (χ1) is 11.0. The molecule has 0 spiro atoms. The van der Waals surface area contributed by atoms with Crippen molar-refractivity contribution in [3.05, 3.63) is 30.9 Å². The van der Waals surface area contributed by atoms with E-state index in [0.717, 1.165) is 18.7 Å². The van der Waals surface area contributed by atoms with Crippen molar-refractivity contribution in [3.63, 3.8) is 0 Å². The Hall–Kier alpha value is -2.09. The quantitative estimate of drug-likeness (QED) is 0.854. The number of fused-ring (bicyclic) bond motifs is 4. The third kappa shape index (κ3) is 2.12. The molecule has 23 heavy (non-hydrogen) atoms. The molecule has 1 saturated heterocycles. The van der Waals surface area contributed by atoms with Crippen LogP contribution in [-0.2, 0) is 10.0 Å². The Bertz CT molecular complexity index is 845. The van der Waals surface area contributed by atoms with Crippen LogP contribution in [0.15, 0.2) is 35.9 Å². The van der Waals surface area contributed by atoms with Gasteiger partial charge in [-0.05, 0) is 32.4 Å². The minimum atomic E-state index is -3.71. The van der Waals surface area contributed by atoms with Gasteiger partial charge in [0.15, 0.2) is 10.8 Å². The Labute approximate surface area is 135 Å². The molecule has 1 fully saturated rings. The predicted octanol–water partition coefficient (Wildman–Crippen LogP) is 1.65. The highest BCUT2D eigenvalue weighted by Crippen LogP contribution is 2.40. The first-order valence-electron chi connectivity index (χ1n) is 7.76. The van der Waals surface area contributed by atoms with Crippen LogP contribution in [-0.4, -0.2) is 42.1 Å². The number of hydrogen-bond acceptors (Lipinski definition) is 5. The van der Waals surface area contributed by atoms with Gasteiger partial charge in [-0.1, -0.05) is 0 Å². The molecule has 0 saturated carbocycles. The first-order valence-corrected chi connectivity index (χ1v) is 9.20. The summed E-state index contributed by atoms with van der Waals surface area (Å²) in [4.78, 5) is 10.7. The van der Waals surface area contributed by atoms with Crippen LogP contribution in [0, 0.1) is 0 Å². The Morgan fingerprint density at radius 1 is 1.30 bits per heavy atom. The van der Waals surface area contributed by atoms with Gasteiger partial charge >= 0.3 is 0 Å². The molecule has 2 bridgehead atoms. The molecule has 0 N–H and O–H groups in total. The van der Waals surface area contributed by atoms with Crippen molar-refractivity contribution in [3.8, 4) is 0 Å². The molecular weight excluding hydrogens is 314 g/mol. The van der Waals surface area contributed by atoms with Crippen molar-refractivity contribution in [2.75, 3.05) is 22.3 Å². The summed E-state index contributed by atoms with van der Waals surface area (Å²) in [6, 6.07) is 3.86. The number of anilines is 2. The van der Waals surface area contributed by atoms with Crippen molar-refractivity contribution in [1.29, 1.82) is 0 Å². The summed E-state index contributed by atoms with van der Waals surface area (Å²) < 4.78 is 29.6. The molecule has 8 heteroatoms. The summed E-state index contributed by atoms with van der Waals surface area (Å²) in [6.45, 7) is 5.55. The number of rotatable bonds is 3. The smallest absolute Gasteiger partial charge is 0.284 e. The van der Waals surface area contributed by atoms with Crippen LogP contribution in [0.1, 0.15) is 26.3 Å². The van der Waals surface area contributed by atoms with Crippen molar-refractivity contribution in [2.45, 2.75) is 37.4 Å². The summed E-state index contributed by atoms with van der Waals surface area (Å²) in [5.41, 5.74) is 0.883. The van der Waals surface area contributed by atoms with E-state index in [1.807, 2.05) is 26.0 Å². The van der Waals surface area contributed by atoms with Gasteiger partial charge in [0.2, 0.25) is 0 Å². The zero-order valence-electron chi connectivity index (χ0n) is 13.1. The zero-order valence-corrected chi connectivity index (χ0v) is 13.9. The lowest BCUT2D eigenvalue weighted by atomic mass is 10.2. The summed E-state index contributed by atoms with van der Waals surface area (Å²) in [5.74, 6) is 0.514. The van der Waals surface area contributed by atoms with E-state index in [4.69, 9.17) is 0 Å². The summed E-state index contributed by atoms with van der Waals surface area (Å²) in [7, 11) is -3.71. The van der Waals surface area contributed by atoms with Crippen LogP contribution in [0.2, 0.25) is 0 Å². The van der Waals surface area contributed by atoms with E-state index in [-0.39, 0.29) is 17.1 Å². The lowest BCUT2D eigenvalue weighted by Crippen LogP contribution is -2.46. The highest BCUT2D eigenvalue weighted by Gasteiger charge is 2.43. The molecule has 122 valence electrons. The Morgan fingerprint density at radius 2 is 2.13 bits per heavy atom. The SMILES string of the molecule is CC(C)n1cnc(S(=O)(=O)N2c3ncccc3N3CCC2C3)c1. The molecule has 4 heterocycles. The van der Waals surface area contributed by atoms with E-state index in [9.17, 15) is 8.42 Å². The predicted molar refractivity (Wildman–Crippen MR) is 87.1 cm³/mol. The maximum Gasteiger partial charge on any atom is 0.284 e. The molecule has 2 aliphatic rings. The fourth-order valence-corrected chi connectivity index (χ4v) is 4.84. The lowest BCUT2D eigenvalue weighted by Gasteiger charge is -2.35. The van der Waals surface area contributed by atoms with E-state index in [1.54, 1.807) is 23.3 Å². The zero-order chi connectivity index (χ0) is 16.2. The summed E-state index contributed by atoms with van der Waals surface area (Å²) in [6.07, 6.45) is 5.62. The Morgan fingerprint density at radius 3 is 2.87 bits per heavy atom. The molecule has 0 amide bonds. The first kappa shape index (κ1) is 14.5. The lowest BCUT2D eigenvalue weighted by molar-refractivity contribution is 0.572. The molecule has 1 unspecified atom stereocenters.